The van der Waals surface area contributed by atoms with Crippen LogP contribution in [0.5, 0.6) is 0 Å². The maximum absolute atomic E-state index is 10.2. The summed E-state index contributed by atoms with van der Waals surface area (Å²) in [6.07, 6.45) is 16.7. The van der Waals surface area contributed by atoms with E-state index in [-0.39, 0.29) is 6.23 Å². The smallest absolute Gasteiger partial charge is 0.126 e. The van der Waals surface area contributed by atoms with Gasteiger partial charge < -0.3 is 5.11 Å². The quantitative estimate of drug-likeness (QED) is 0.738. The lowest BCUT2D eigenvalue weighted by atomic mass is 9.99. The van der Waals surface area contributed by atoms with Crippen molar-refractivity contribution in [1.29, 1.82) is 0 Å². The van der Waals surface area contributed by atoms with Crippen molar-refractivity contribution in [3.05, 3.63) is 12.2 Å². The molecule has 0 aromatic heterocycles. The van der Waals surface area contributed by atoms with Crippen LogP contribution in [0.1, 0.15) is 51.4 Å². The van der Waals surface area contributed by atoms with Gasteiger partial charge in [-0.2, -0.15) is 11.8 Å². The van der Waals surface area contributed by atoms with Gasteiger partial charge in [0.2, 0.25) is 0 Å². The van der Waals surface area contributed by atoms with Gasteiger partial charge in [-0.25, -0.2) is 0 Å². The van der Waals surface area contributed by atoms with E-state index in [0.29, 0.717) is 11.3 Å². The minimum Gasteiger partial charge on any atom is -0.375 e. The van der Waals surface area contributed by atoms with Gasteiger partial charge in [-0.15, -0.1) is 0 Å². The molecule has 0 amide bonds. The molecule has 0 aliphatic carbocycles. The SMILES string of the molecule is CSC1C=CC(O)N2CCCCCCCCCC12. The van der Waals surface area contributed by atoms with Gasteiger partial charge in [0.05, 0.1) is 0 Å². The Morgan fingerprint density at radius 1 is 1.00 bits per heavy atom. The van der Waals surface area contributed by atoms with Crippen molar-refractivity contribution in [1.82, 2.24) is 4.90 Å². The molecule has 0 saturated carbocycles. The molecule has 2 aliphatic heterocycles. The molecular weight excluding hydrogens is 242 g/mol. The fourth-order valence-corrected chi connectivity index (χ4v) is 4.08. The molecule has 2 aliphatic rings. The monoisotopic (exact) mass is 269 g/mol. The van der Waals surface area contributed by atoms with E-state index in [1.807, 2.05) is 17.8 Å². The number of thioether (sulfide) groups is 1. The van der Waals surface area contributed by atoms with Crippen molar-refractivity contribution in [2.24, 2.45) is 0 Å². The Morgan fingerprint density at radius 2 is 1.67 bits per heavy atom. The van der Waals surface area contributed by atoms with E-state index >= 15 is 0 Å². The maximum Gasteiger partial charge on any atom is 0.126 e. The van der Waals surface area contributed by atoms with Gasteiger partial charge in [-0.3, -0.25) is 4.90 Å². The van der Waals surface area contributed by atoms with E-state index < -0.39 is 0 Å². The second-order valence-corrected chi connectivity index (χ2v) is 6.58. The van der Waals surface area contributed by atoms with E-state index in [4.69, 9.17) is 0 Å². The summed E-state index contributed by atoms with van der Waals surface area (Å²) >= 11 is 1.93. The highest BCUT2D eigenvalue weighted by molar-refractivity contribution is 7.99. The lowest BCUT2D eigenvalue weighted by Crippen LogP contribution is -2.50. The van der Waals surface area contributed by atoms with Crippen LogP contribution >= 0.6 is 11.8 Å². The molecule has 1 fully saturated rings. The van der Waals surface area contributed by atoms with Crippen LogP contribution in [0.2, 0.25) is 0 Å². The first-order chi connectivity index (χ1) is 8.83. The largest absolute Gasteiger partial charge is 0.375 e. The molecule has 2 nitrogen and oxygen atoms in total. The summed E-state index contributed by atoms with van der Waals surface area (Å²) in [6, 6.07) is 0.540. The van der Waals surface area contributed by atoms with Crippen LogP contribution in [0.4, 0.5) is 0 Å². The Kier molecular flexibility index (Phi) is 6.06. The van der Waals surface area contributed by atoms with Crippen LogP contribution in [0.15, 0.2) is 12.2 Å². The van der Waals surface area contributed by atoms with E-state index in [0.717, 1.165) is 6.54 Å². The second kappa shape index (κ2) is 7.56. The molecule has 3 heteroatoms. The first-order valence-corrected chi connectivity index (χ1v) is 8.76. The first kappa shape index (κ1) is 14.4. The molecule has 0 aromatic carbocycles. The van der Waals surface area contributed by atoms with Gasteiger partial charge in [0.25, 0.3) is 0 Å². The van der Waals surface area contributed by atoms with Gasteiger partial charge in [-0.05, 0) is 25.2 Å². The van der Waals surface area contributed by atoms with Crippen LogP contribution < -0.4 is 0 Å². The molecule has 0 spiro atoms. The average molecular weight is 269 g/mol. The summed E-state index contributed by atoms with van der Waals surface area (Å²) < 4.78 is 0. The summed E-state index contributed by atoms with van der Waals surface area (Å²) in [6.45, 7) is 1.06. The fraction of sp³-hybridized carbons (Fsp3) is 0.867. The normalized spacial score (nSPS) is 35.8. The molecule has 1 N–H and O–H groups in total. The van der Waals surface area contributed by atoms with Gasteiger partial charge in [-0.1, -0.05) is 44.6 Å². The minimum absolute atomic E-state index is 0.348. The predicted octanol–water partition coefficient (Wildman–Crippen LogP) is 3.41. The highest BCUT2D eigenvalue weighted by atomic mass is 32.2. The Labute approximate surface area is 116 Å². The first-order valence-electron chi connectivity index (χ1n) is 7.48. The molecule has 1 saturated heterocycles. The molecule has 104 valence electrons. The van der Waals surface area contributed by atoms with E-state index in [1.54, 1.807) is 0 Å². The highest BCUT2D eigenvalue weighted by Gasteiger charge is 2.31. The van der Waals surface area contributed by atoms with Crippen LogP contribution in [-0.2, 0) is 0 Å². The number of fused-ring (bicyclic) bond motifs is 1. The number of aliphatic hydroxyl groups excluding tert-OH is 1. The van der Waals surface area contributed by atoms with Crippen molar-refractivity contribution in [3.8, 4) is 0 Å². The van der Waals surface area contributed by atoms with Gasteiger partial charge >= 0.3 is 0 Å². The Morgan fingerprint density at radius 3 is 2.39 bits per heavy atom. The second-order valence-electron chi connectivity index (χ2n) is 5.57. The summed E-state index contributed by atoms with van der Waals surface area (Å²) in [4.78, 5) is 2.34. The zero-order chi connectivity index (χ0) is 12.8. The minimum atomic E-state index is -0.348. The van der Waals surface area contributed by atoms with Crippen molar-refractivity contribution >= 4 is 11.8 Å². The van der Waals surface area contributed by atoms with Crippen molar-refractivity contribution in [2.45, 2.75) is 68.9 Å². The van der Waals surface area contributed by atoms with Crippen molar-refractivity contribution in [2.75, 3.05) is 12.8 Å². The Hall–Kier alpha value is 0.01000. The maximum atomic E-state index is 10.2. The third kappa shape index (κ3) is 3.75. The summed E-state index contributed by atoms with van der Waals surface area (Å²) in [7, 11) is 0. The summed E-state index contributed by atoms with van der Waals surface area (Å²) in [5.41, 5.74) is 0. The lowest BCUT2D eigenvalue weighted by molar-refractivity contribution is -0.0000875. The zero-order valence-corrected chi connectivity index (χ0v) is 12.4. The number of aliphatic hydroxyl groups is 1. The molecule has 0 aromatic rings. The van der Waals surface area contributed by atoms with Crippen LogP contribution in [-0.4, -0.2) is 40.3 Å². The van der Waals surface area contributed by atoms with Gasteiger partial charge in [0.15, 0.2) is 0 Å². The molecule has 0 radical (unpaired) electrons. The Bertz CT molecular complexity index is 269. The summed E-state index contributed by atoms with van der Waals surface area (Å²) in [5, 5.41) is 10.8. The van der Waals surface area contributed by atoms with Crippen molar-refractivity contribution in [3.63, 3.8) is 0 Å². The molecule has 2 heterocycles. The average Bonchev–Trinajstić information content (AvgIpc) is 2.44. The Balaban J connectivity index is 2.04. The number of nitrogens with zero attached hydrogens (tertiary/aromatic N) is 1. The highest BCUT2D eigenvalue weighted by Crippen LogP contribution is 2.29. The van der Waals surface area contributed by atoms with Crippen molar-refractivity contribution < 1.29 is 5.11 Å². The fourth-order valence-electron chi connectivity index (χ4n) is 3.23. The number of rotatable bonds is 1. The number of hydrogen-bond donors (Lipinski definition) is 1. The topological polar surface area (TPSA) is 23.5 Å². The molecule has 3 atom stereocenters. The third-order valence-electron chi connectivity index (χ3n) is 4.31. The standard InChI is InChI=1S/C15H27NOS/c1-18-14-10-11-15(17)16-12-8-6-4-2-3-5-7-9-13(14)16/h10-11,13-15,17H,2-9,12H2,1H3. The van der Waals surface area contributed by atoms with E-state index in [1.165, 1.54) is 51.4 Å². The predicted molar refractivity (Wildman–Crippen MR) is 79.9 cm³/mol. The number of hydrogen-bond acceptors (Lipinski definition) is 3. The third-order valence-corrected chi connectivity index (χ3v) is 5.32. The van der Waals surface area contributed by atoms with E-state index in [2.05, 4.69) is 17.2 Å². The molecule has 0 bridgehead atoms. The van der Waals surface area contributed by atoms with Crippen LogP contribution in [0.3, 0.4) is 0 Å². The van der Waals surface area contributed by atoms with Gasteiger partial charge in [0.1, 0.15) is 6.23 Å². The molecule has 3 unspecified atom stereocenters. The lowest BCUT2D eigenvalue weighted by Gasteiger charge is -2.40. The zero-order valence-electron chi connectivity index (χ0n) is 11.6. The van der Waals surface area contributed by atoms with Crippen LogP contribution in [0.25, 0.3) is 0 Å². The molecule has 2 rings (SSSR count). The van der Waals surface area contributed by atoms with Gasteiger partial charge in [0, 0.05) is 17.8 Å². The van der Waals surface area contributed by atoms with E-state index in [9.17, 15) is 5.11 Å². The molecule has 18 heavy (non-hydrogen) atoms. The molecular formula is C15H27NOS. The van der Waals surface area contributed by atoms with Crippen LogP contribution in [0, 0.1) is 0 Å². The summed E-state index contributed by atoms with van der Waals surface area (Å²) in [5.74, 6) is 0.